The van der Waals surface area contributed by atoms with Crippen LogP contribution in [0.15, 0.2) is 0 Å². The summed E-state index contributed by atoms with van der Waals surface area (Å²) in [5.41, 5.74) is 0. The molecule has 1 aliphatic heterocycles. The number of rotatable bonds is 7. The van der Waals surface area contributed by atoms with Gasteiger partial charge in [-0.2, -0.15) is 0 Å². The molecule has 0 radical (unpaired) electrons. The predicted molar refractivity (Wildman–Crippen MR) is 78.8 cm³/mol. The second-order valence-corrected chi connectivity index (χ2v) is 5.15. The van der Waals surface area contributed by atoms with Crippen LogP contribution in [0.25, 0.3) is 0 Å². The average molecular weight is 348 g/mol. The summed E-state index contributed by atoms with van der Waals surface area (Å²) in [5, 5.41) is 0. The minimum Gasteiger partial charge on any atom is -0.463 e. The number of carbonyl (C=O) groups excluding carboxylic acids is 3. The number of esters is 3. The van der Waals surface area contributed by atoms with Gasteiger partial charge in [0.15, 0.2) is 18.5 Å². The first-order chi connectivity index (χ1) is 11.3. The fraction of sp³-hybridized carbons (Fsp3) is 0.800. The first-order valence-electron chi connectivity index (χ1n) is 7.57. The Hall–Kier alpha value is -1.71. The number of hydrogen-bond acceptors (Lipinski definition) is 9. The van der Waals surface area contributed by atoms with E-state index in [2.05, 4.69) is 0 Å². The first-order valence-corrected chi connectivity index (χ1v) is 7.57. The van der Waals surface area contributed by atoms with Gasteiger partial charge in [0, 0.05) is 34.5 Å². The molecule has 0 amide bonds. The normalized spacial score (nSPS) is 29.6. The SMILES string of the molecule is CCO[C@@H]1[C@@H](OC)O[C@H](COC(C)=O)[C@@H](OC(C)=O)[C@@H]1OC(C)=O. The third kappa shape index (κ3) is 5.73. The summed E-state index contributed by atoms with van der Waals surface area (Å²) in [5.74, 6) is -1.70. The molecule has 1 rings (SSSR count). The summed E-state index contributed by atoms with van der Waals surface area (Å²) in [4.78, 5) is 34.0. The Labute approximate surface area is 140 Å². The van der Waals surface area contributed by atoms with Crippen LogP contribution in [0.4, 0.5) is 0 Å². The van der Waals surface area contributed by atoms with E-state index in [9.17, 15) is 14.4 Å². The van der Waals surface area contributed by atoms with Gasteiger partial charge in [0.25, 0.3) is 0 Å². The highest BCUT2D eigenvalue weighted by molar-refractivity contribution is 5.67. The average Bonchev–Trinajstić information content (AvgIpc) is 2.48. The van der Waals surface area contributed by atoms with Crippen LogP contribution in [-0.2, 0) is 42.8 Å². The van der Waals surface area contributed by atoms with Gasteiger partial charge in [-0.25, -0.2) is 0 Å². The Kier molecular flexibility index (Phi) is 8.09. The minimum absolute atomic E-state index is 0.191. The standard InChI is InChI=1S/C15H24O9/c1-6-20-14-13(23-10(4)18)12(22-9(3)17)11(7-21-8(2)16)24-15(14)19-5/h11-15H,6-7H2,1-5H3/t11-,12-,13+,14+,15+/m1/s1. The van der Waals surface area contributed by atoms with Crippen molar-refractivity contribution in [3.05, 3.63) is 0 Å². The van der Waals surface area contributed by atoms with Gasteiger partial charge >= 0.3 is 17.9 Å². The minimum atomic E-state index is -1.01. The molecule has 24 heavy (non-hydrogen) atoms. The summed E-state index contributed by atoms with van der Waals surface area (Å²) >= 11 is 0. The molecule has 0 spiro atoms. The second kappa shape index (κ2) is 9.55. The van der Waals surface area contributed by atoms with Gasteiger partial charge in [-0.15, -0.1) is 0 Å². The lowest BCUT2D eigenvalue weighted by Gasteiger charge is -2.44. The van der Waals surface area contributed by atoms with Crippen molar-refractivity contribution in [2.75, 3.05) is 20.3 Å². The second-order valence-electron chi connectivity index (χ2n) is 5.15. The number of carbonyl (C=O) groups is 3. The highest BCUT2D eigenvalue weighted by atomic mass is 16.7. The third-order valence-corrected chi connectivity index (χ3v) is 3.24. The fourth-order valence-corrected chi connectivity index (χ4v) is 2.43. The van der Waals surface area contributed by atoms with E-state index in [0.29, 0.717) is 6.61 Å². The van der Waals surface area contributed by atoms with E-state index in [0.717, 1.165) is 0 Å². The van der Waals surface area contributed by atoms with Crippen molar-refractivity contribution in [1.29, 1.82) is 0 Å². The lowest BCUT2D eigenvalue weighted by Crippen LogP contribution is -2.62. The molecule has 0 aromatic rings. The summed E-state index contributed by atoms with van der Waals surface area (Å²) in [7, 11) is 1.40. The zero-order valence-electron chi connectivity index (χ0n) is 14.5. The van der Waals surface area contributed by atoms with Crippen LogP contribution < -0.4 is 0 Å². The molecule has 138 valence electrons. The Balaban J connectivity index is 3.11. The maximum atomic E-state index is 11.5. The molecule has 0 N–H and O–H groups in total. The number of ether oxygens (including phenoxy) is 6. The van der Waals surface area contributed by atoms with E-state index >= 15 is 0 Å². The Bertz CT molecular complexity index is 450. The molecular weight excluding hydrogens is 324 g/mol. The van der Waals surface area contributed by atoms with Gasteiger partial charge in [0.2, 0.25) is 0 Å². The number of hydrogen-bond donors (Lipinski definition) is 0. The smallest absolute Gasteiger partial charge is 0.303 e. The largest absolute Gasteiger partial charge is 0.463 e. The van der Waals surface area contributed by atoms with Crippen LogP contribution in [0.2, 0.25) is 0 Å². The summed E-state index contributed by atoms with van der Waals surface area (Å²) in [6.45, 7) is 5.54. The molecule has 1 aliphatic rings. The molecule has 0 unspecified atom stereocenters. The van der Waals surface area contributed by atoms with Crippen LogP contribution in [0.1, 0.15) is 27.7 Å². The van der Waals surface area contributed by atoms with E-state index in [1.54, 1.807) is 6.92 Å². The lowest BCUT2D eigenvalue weighted by molar-refractivity contribution is -0.307. The fourth-order valence-electron chi connectivity index (χ4n) is 2.43. The van der Waals surface area contributed by atoms with Crippen molar-refractivity contribution in [1.82, 2.24) is 0 Å². The Morgan fingerprint density at radius 2 is 1.50 bits per heavy atom. The highest BCUT2D eigenvalue weighted by Gasteiger charge is 2.51. The van der Waals surface area contributed by atoms with Crippen LogP contribution >= 0.6 is 0 Å². The zero-order valence-corrected chi connectivity index (χ0v) is 14.5. The molecule has 5 atom stereocenters. The molecule has 1 saturated heterocycles. The van der Waals surface area contributed by atoms with Crippen molar-refractivity contribution < 1.29 is 42.8 Å². The van der Waals surface area contributed by atoms with Crippen LogP contribution in [-0.4, -0.2) is 68.9 Å². The first kappa shape index (κ1) is 20.3. The molecule has 9 nitrogen and oxygen atoms in total. The van der Waals surface area contributed by atoms with Gasteiger partial charge in [-0.3, -0.25) is 14.4 Å². The third-order valence-electron chi connectivity index (χ3n) is 3.24. The van der Waals surface area contributed by atoms with Gasteiger partial charge in [-0.05, 0) is 6.92 Å². The Morgan fingerprint density at radius 1 is 0.917 bits per heavy atom. The van der Waals surface area contributed by atoms with Crippen LogP contribution in [0.5, 0.6) is 0 Å². The zero-order chi connectivity index (χ0) is 18.3. The molecule has 9 heteroatoms. The van der Waals surface area contributed by atoms with Crippen LogP contribution in [0.3, 0.4) is 0 Å². The van der Waals surface area contributed by atoms with Gasteiger partial charge in [0.1, 0.15) is 18.8 Å². The molecule has 0 bridgehead atoms. The van der Waals surface area contributed by atoms with Crippen molar-refractivity contribution in [2.45, 2.75) is 58.4 Å². The molecule has 0 aromatic heterocycles. The number of methoxy groups -OCH3 is 1. The van der Waals surface area contributed by atoms with E-state index in [-0.39, 0.29) is 6.61 Å². The van der Waals surface area contributed by atoms with Crippen molar-refractivity contribution in [3.63, 3.8) is 0 Å². The van der Waals surface area contributed by atoms with Crippen molar-refractivity contribution in [2.24, 2.45) is 0 Å². The van der Waals surface area contributed by atoms with Crippen LogP contribution in [0, 0.1) is 0 Å². The topological polar surface area (TPSA) is 107 Å². The van der Waals surface area contributed by atoms with Gasteiger partial charge in [-0.1, -0.05) is 0 Å². The predicted octanol–water partition coefficient (Wildman–Crippen LogP) is 0.189. The molecular formula is C15H24O9. The maximum absolute atomic E-state index is 11.5. The van der Waals surface area contributed by atoms with Crippen molar-refractivity contribution >= 4 is 17.9 Å². The molecule has 1 fully saturated rings. The molecule has 1 heterocycles. The van der Waals surface area contributed by atoms with E-state index in [1.165, 1.54) is 27.9 Å². The van der Waals surface area contributed by atoms with Crippen molar-refractivity contribution in [3.8, 4) is 0 Å². The molecule has 0 aliphatic carbocycles. The lowest BCUT2D eigenvalue weighted by atomic mass is 9.98. The molecule has 0 saturated carbocycles. The highest BCUT2D eigenvalue weighted by Crippen LogP contribution is 2.29. The van der Waals surface area contributed by atoms with Gasteiger partial charge in [0.05, 0.1) is 0 Å². The molecule has 0 aromatic carbocycles. The van der Waals surface area contributed by atoms with E-state index < -0.39 is 48.6 Å². The summed E-state index contributed by atoms with van der Waals surface area (Å²) in [6.07, 6.45) is -4.54. The van der Waals surface area contributed by atoms with E-state index in [4.69, 9.17) is 28.4 Å². The van der Waals surface area contributed by atoms with E-state index in [1.807, 2.05) is 0 Å². The quantitative estimate of drug-likeness (QED) is 0.470. The maximum Gasteiger partial charge on any atom is 0.303 e. The summed E-state index contributed by atoms with van der Waals surface area (Å²) in [6, 6.07) is 0. The van der Waals surface area contributed by atoms with Gasteiger partial charge < -0.3 is 28.4 Å². The Morgan fingerprint density at radius 3 is 1.96 bits per heavy atom. The summed E-state index contributed by atoms with van der Waals surface area (Å²) < 4.78 is 32.0. The monoisotopic (exact) mass is 348 g/mol.